The summed E-state index contributed by atoms with van der Waals surface area (Å²) in [5.74, 6) is 3.89. The molecule has 0 radical (unpaired) electrons. The Morgan fingerprint density at radius 1 is 1.12 bits per heavy atom. The maximum Gasteiger partial charge on any atom is 0.0786 e. The van der Waals surface area contributed by atoms with Gasteiger partial charge in [0.15, 0.2) is 0 Å². The van der Waals surface area contributed by atoms with Crippen LogP contribution in [0.2, 0.25) is 0 Å². The number of rotatable bonds is 7. The van der Waals surface area contributed by atoms with Crippen molar-refractivity contribution in [2.45, 2.75) is 83.3 Å². The molecule has 0 amide bonds. The minimum Gasteiger partial charge on any atom is -0.377 e. The second-order valence-electron chi connectivity index (χ2n) is 10.3. The van der Waals surface area contributed by atoms with Crippen molar-refractivity contribution in [3.63, 3.8) is 0 Å². The van der Waals surface area contributed by atoms with Crippen LogP contribution in [0, 0.1) is 23.7 Å². The van der Waals surface area contributed by atoms with Gasteiger partial charge in [-0.3, -0.25) is 4.90 Å². The highest BCUT2D eigenvalue weighted by Crippen LogP contribution is 2.58. The maximum absolute atomic E-state index is 5.56. The summed E-state index contributed by atoms with van der Waals surface area (Å²) in [5, 5.41) is 0. The van der Waals surface area contributed by atoms with Crippen LogP contribution in [-0.2, 0) is 4.74 Å². The van der Waals surface area contributed by atoms with Gasteiger partial charge in [0.05, 0.1) is 6.10 Å². The summed E-state index contributed by atoms with van der Waals surface area (Å²) < 4.78 is 5.56. The predicted molar refractivity (Wildman–Crippen MR) is 109 cm³/mol. The van der Waals surface area contributed by atoms with Crippen molar-refractivity contribution in [3.8, 4) is 0 Å². The molecule has 5 aliphatic rings. The first-order valence-corrected chi connectivity index (χ1v) is 11.2. The highest BCUT2D eigenvalue weighted by Gasteiger charge is 2.53. The van der Waals surface area contributed by atoms with Gasteiger partial charge >= 0.3 is 0 Å². The zero-order valence-electron chi connectivity index (χ0n) is 17.3. The van der Waals surface area contributed by atoms with Crippen LogP contribution in [0.1, 0.15) is 71.6 Å². The van der Waals surface area contributed by atoms with E-state index in [4.69, 9.17) is 4.74 Å². The number of hydrogen-bond acceptors (Lipinski definition) is 2. The first-order valence-electron chi connectivity index (χ1n) is 11.2. The van der Waals surface area contributed by atoms with Crippen molar-refractivity contribution in [1.82, 2.24) is 4.90 Å². The molecule has 5 aliphatic carbocycles. The van der Waals surface area contributed by atoms with Crippen LogP contribution in [0.3, 0.4) is 0 Å². The minimum atomic E-state index is 0.274. The zero-order chi connectivity index (χ0) is 18.1. The molecule has 0 aliphatic heterocycles. The topological polar surface area (TPSA) is 12.5 Å². The predicted octanol–water partition coefficient (Wildman–Crippen LogP) is 5.59. The van der Waals surface area contributed by atoms with Crippen molar-refractivity contribution in [3.05, 3.63) is 23.8 Å². The summed E-state index contributed by atoms with van der Waals surface area (Å²) in [6, 6.07) is 0. The first-order chi connectivity index (χ1) is 12.6. The Labute approximate surface area is 161 Å². The number of methoxy groups -OCH3 is 1. The largest absolute Gasteiger partial charge is 0.377 e. The van der Waals surface area contributed by atoms with E-state index < -0.39 is 0 Å². The van der Waals surface area contributed by atoms with E-state index in [2.05, 4.69) is 37.0 Å². The summed E-state index contributed by atoms with van der Waals surface area (Å²) in [6.45, 7) is 7.25. The molecule has 1 unspecified atom stereocenters. The Balaban J connectivity index is 1.51. The van der Waals surface area contributed by atoms with Gasteiger partial charge in [0.25, 0.3) is 0 Å². The number of hydrogen-bond donors (Lipinski definition) is 0. The molecule has 0 aromatic heterocycles. The highest BCUT2D eigenvalue weighted by molar-refractivity contribution is 5.17. The average molecular weight is 358 g/mol. The van der Waals surface area contributed by atoms with Gasteiger partial charge < -0.3 is 4.74 Å². The van der Waals surface area contributed by atoms with Crippen molar-refractivity contribution in [2.75, 3.05) is 20.2 Å². The molecule has 0 spiro atoms. The Hall–Kier alpha value is -0.600. The van der Waals surface area contributed by atoms with E-state index in [1.54, 1.807) is 5.57 Å². The second kappa shape index (κ2) is 7.80. The molecule has 146 valence electrons. The number of allylic oxidation sites excluding steroid dienone is 1. The standard InChI is InChI=1S/C24H39NO/c1-18(2)9-10-25(17-19-5-4-6-23(26-3)8-7-19)24-14-20-11-21(15-24)13-22(12-20)16-24/h4,6-7,18,20-23H,5,8-17H2,1-3H3. The third-order valence-electron chi connectivity index (χ3n) is 7.72. The molecule has 1 atom stereocenters. The molecule has 4 bridgehead atoms. The fraction of sp³-hybridized carbons (Fsp3) is 0.833. The van der Waals surface area contributed by atoms with E-state index in [0.29, 0.717) is 5.54 Å². The highest BCUT2D eigenvalue weighted by atomic mass is 16.5. The summed E-state index contributed by atoms with van der Waals surface area (Å²) in [5.41, 5.74) is 2.15. The van der Waals surface area contributed by atoms with E-state index in [9.17, 15) is 0 Å². The lowest BCUT2D eigenvalue weighted by atomic mass is 9.52. The Morgan fingerprint density at radius 3 is 2.35 bits per heavy atom. The molecule has 2 heteroatoms. The average Bonchev–Trinajstić information content (AvgIpc) is 2.82. The van der Waals surface area contributed by atoms with Gasteiger partial charge in [-0.1, -0.05) is 37.6 Å². The van der Waals surface area contributed by atoms with Crippen LogP contribution in [0.15, 0.2) is 23.8 Å². The lowest BCUT2D eigenvalue weighted by Crippen LogP contribution is -2.60. The molecule has 4 saturated carbocycles. The Morgan fingerprint density at radius 2 is 1.77 bits per heavy atom. The van der Waals surface area contributed by atoms with E-state index in [1.807, 2.05) is 7.11 Å². The van der Waals surface area contributed by atoms with Gasteiger partial charge in [-0.25, -0.2) is 0 Å². The van der Waals surface area contributed by atoms with E-state index >= 15 is 0 Å². The SMILES string of the molecule is COC1C=CCC(CN(CCC(C)C)C23CC4CC(CC(C4)C2)C3)=CC1. The van der Waals surface area contributed by atoms with Gasteiger partial charge in [0.2, 0.25) is 0 Å². The molecular formula is C24H39NO. The van der Waals surface area contributed by atoms with Crippen molar-refractivity contribution in [1.29, 1.82) is 0 Å². The second-order valence-corrected chi connectivity index (χ2v) is 10.3. The summed E-state index contributed by atoms with van der Waals surface area (Å²) >= 11 is 0. The third kappa shape index (κ3) is 3.97. The molecule has 0 aromatic carbocycles. The lowest BCUT2D eigenvalue weighted by Gasteiger charge is -2.61. The maximum atomic E-state index is 5.56. The van der Waals surface area contributed by atoms with Gasteiger partial charge in [0, 0.05) is 19.2 Å². The Bertz CT molecular complexity index is 511. The van der Waals surface area contributed by atoms with Crippen molar-refractivity contribution in [2.24, 2.45) is 23.7 Å². The third-order valence-corrected chi connectivity index (χ3v) is 7.72. The Kier molecular flexibility index (Phi) is 5.62. The van der Waals surface area contributed by atoms with Crippen LogP contribution in [0.25, 0.3) is 0 Å². The molecule has 0 N–H and O–H groups in total. The van der Waals surface area contributed by atoms with Crippen LogP contribution >= 0.6 is 0 Å². The molecule has 4 fully saturated rings. The molecule has 0 aromatic rings. The van der Waals surface area contributed by atoms with Crippen LogP contribution in [0.5, 0.6) is 0 Å². The molecule has 2 nitrogen and oxygen atoms in total. The van der Waals surface area contributed by atoms with Crippen LogP contribution < -0.4 is 0 Å². The minimum absolute atomic E-state index is 0.274. The van der Waals surface area contributed by atoms with Crippen molar-refractivity contribution >= 4 is 0 Å². The van der Waals surface area contributed by atoms with E-state index in [0.717, 1.165) is 36.5 Å². The quantitative estimate of drug-likeness (QED) is 0.550. The smallest absolute Gasteiger partial charge is 0.0786 e. The molecule has 0 saturated heterocycles. The monoisotopic (exact) mass is 357 g/mol. The van der Waals surface area contributed by atoms with E-state index in [-0.39, 0.29) is 6.10 Å². The fourth-order valence-corrected chi connectivity index (χ4v) is 6.72. The van der Waals surface area contributed by atoms with Gasteiger partial charge in [0.1, 0.15) is 0 Å². The molecule has 26 heavy (non-hydrogen) atoms. The van der Waals surface area contributed by atoms with Crippen molar-refractivity contribution < 1.29 is 4.74 Å². The normalized spacial score (nSPS) is 38.9. The molecular weight excluding hydrogens is 318 g/mol. The fourth-order valence-electron chi connectivity index (χ4n) is 6.72. The van der Waals surface area contributed by atoms with Crippen LogP contribution in [0.4, 0.5) is 0 Å². The zero-order valence-corrected chi connectivity index (χ0v) is 17.3. The number of nitrogens with zero attached hydrogens (tertiary/aromatic N) is 1. The van der Waals surface area contributed by atoms with Crippen LogP contribution in [-0.4, -0.2) is 36.7 Å². The summed E-state index contributed by atoms with van der Waals surface area (Å²) in [4.78, 5) is 2.96. The first kappa shape index (κ1) is 18.7. The lowest BCUT2D eigenvalue weighted by molar-refractivity contribution is -0.0867. The molecule has 5 rings (SSSR count). The van der Waals surface area contributed by atoms with E-state index in [1.165, 1.54) is 58.0 Å². The van der Waals surface area contributed by atoms with Gasteiger partial charge in [-0.2, -0.15) is 0 Å². The molecule has 0 heterocycles. The summed E-state index contributed by atoms with van der Waals surface area (Å²) in [7, 11) is 1.83. The summed E-state index contributed by atoms with van der Waals surface area (Å²) in [6.07, 6.45) is 19.9. The van der Waals surface area contributed by atoms with Gasteiger partial charge in [-0.15, -0.1) is 0 Å². The number of ether oxygens (including phenoxy) is 1. The van der Waals surface area contributed by atoms with Gasteiger partial charge in [-0.05, 0) is 88.0 Å².